The van der Waals surface area contributed by atoms with Crippen LogP contribution < -0.4 is 5.14 Å². The summed E-state index contributed by atoms with van der Waals surface area (Å²) in [6.07, 6.45) is 0. The van der Waals surface area contributed by atoms with Crippen LogP contribution in [0.15, 0.2) is 34.5 Å². The van der Waals surface area contributed by atoms with Crippen LogP contribution in [0.3, 0.4) is 0 Å². The highest BCUT2D eigenvalue weighted by molar-refractivity contribution is 7.89. The van der Waals surface area contributed by atoms with Crippen molar-refractivity contribution in [3.63, 3.8) is 0 Å². The van der Waals surface area contributed by atoms with Crippen molar-refractivity contribution < 1.29 is 13.5 Å². The first-order chi connectivity index (χ1) is 8.68. The second-order valence-corrected chi connectivity index (χ2v) is 7.09. The van der Waals surface area contributed by atoms with Crippen molar-refractivity contribution >= 4 is 21.4 Å². The van der Waals surface area contributed by atoms with Crippen LogP contribution in [-0.2, 0) is 15.6 Å². The molecule has 0 saturated heterocycles. The van der Waals surface area contributed by atoms with Gasteiger partial charge in [-0.05, 0) is 26.0 Å². The van der Waals surface area contributed by atoms with Gasteiger partial charge in [-0.25, -0.2) is 18.5 Å². The molecular formula is C12H14N2O3S2. The number of benzene rings is 1. The van der Waals surface area contributed by atoms with Gasteiger partial charge in [-0.2, -0.15) is 0 Å². The molecule has 1 heterocycles. The van der Waals surface area contributed by atoms with Gasteiger partial charge in [-0.3, -0.25) is 0 Å². The smallest absolute Gasteiger partial charge is 0.238 e. The Balaban J connectivity index is 2.36. The number of nitrogens with zero attached hydrogens (tertiary/aromatic N) is 1. The highest BCUT2D eigenvalue weighted by atomic mass is 32.2. The van der Waals surface area contributed by atoms with Gasteiger partial charge >= 0.3 is 0 Å². The Morgan fingerprint density at radius 2 is 1.84 bits per heavy atom. The Bertz CT molecular complexity index is 683. The predicted octanol–water partition coefficient (Wildman–Crippen LogP) is 1.68. The average molecular weight is 298 g/mol. The summed E-state index contributed by atoms with van der Waals surface area (Å²) >= 11 is 1.36. The molecule has 0 aliphatic rings. The van der Waals surface area contributed by atoms with Crippen LogP contribution in [0.25, 0.3) is 11.3 Å². The first-order valence-electron chi connectivity index (χ1n) is 5.49. The van der Waals surface area contributed by atoms with Gasteiger partial charge in [-0.15, -0.1) is 11.3 Å². The molecule has 0 radical (unpaired) electrons. The minimum absolute atomic E-state index is 0.0641. The molecule has 0 atom stereocenters. The number of aromatic nitrogens is 1. The SMILES string of the molecule is CC(C)(O)c1nc(-c2ccc(S(N)(=O)=O)cc2)cs1. The lowest BCUT2D eigenvalue weighted by molar-refractivity contribution is 0.0783. The summed E-state index contributed by atoms with van der Waals surface area (Å²) < 4.78 is 22.3. The minimum Gasteiger partial charge on any atom is -0.383 e. The second-order valence-electron chi connectivity index (χ2n) is 4.67. The molecule has 0 amide bonds. The van der Waals surface area contributed by atoms with Crippen LogP contribution in [0.5, 0.6) is 0 Å². The van der Waals surface area contributed by atoms with E-state index in [4.69, 9.17) is 5.14 Å². The van der Waals surface area contributed by atoms with E-state index in [0.29, 0.717) is 10.7 Å². The van der Waals surface area contributed by atoms with Crippen LogP contribution in [0, 0.1) is 0 Å². The van der Waals surface area contributed by atoms with Crippen molar-refractivity contribution in [3.8, 4) is 11.3 Å². The van der Waals surface area contributed by atoms with Gasteiger partial charge in [0.15, 0.2) is 0 Å². The molecule has 0 fully saturated rings. The number of hydrogen-bond donors (Lipinski definition) is 2. The summed E-state index contributed by atoms with van der Waals surface area (Å²) in [7, 11) is -3.68. The fourth-order valence-corrected chi connectivity index (χ4v) is 2.87. The van der Waals surface area contributed by atoms with Crippen LogP contribution in [-0.4, -0.2) is 18.5 Å². The Kier molecular flexibility index (Phi) is 3.48. The summed E-state index contributed by atoms with van der Waals surface area (Å²) in [6.45, 7) is 3.33. The number of aliphatic hydroxyl groups is 1. The predicted molar refractivity (Wildman–Crippen MR) is 74.2 cm³/mol. The van der Waals surface area contributed by atoms with Crippen LogP contribution in [0.2, 0.25) is 0 Å². The van der Waals surface area contributed by atoms with E-state index < -0.39 is 15.6 Å². The number of sulfonamides is 1. The summed E-state index contributed by atoms with van der Waals surface area (Å²) in [5.74, 6) is 0. The van der Waals surface area contributed by atoms with E-state index in [-0.39, 0.29) is 4.90 Å². The van der Waals surface area contributed by atoms with E-state index in [9.17, 15) is 13.5 Å². The van der Waals surface area contributed by atoms with E-state index in [2.05, 4.69) is 4.98 Å². The van der Waals surface area contributed by atoms with E-state index in [0.717, 1.165) is 5.56 Å². The standard InChI is InChI=1S/C12H14N2O3S2/c1-12(2,15)11-14-10(7-18-11)8-3-5-9(6-4-8)19(13,16)17/h3-7,15H,1-2H3,(H2,13,16,17). The summed E-state index contributed by atoms with van der Waals surface area (Å²) in [6, 6.07) is 6.16. The zero-order valence-corrected chi connectivity index (χ0v) is 12.1. The molecule has 102 valence electrons. The molecule has 0 aliphatic heterocycles. The molecule has 5 nitrogen and oxygen atoms in total. The Labute approximate surface area is 115 Å². The van der Waals surface area contributed by atoms with Crippen LogP contribution >= 0.6 is 11.3 Å². The number of thiazole rings is 1. The van der Waals surface area contributed by atoms with Gasteiger partial charge in [0.2, 0.25) is 10.0 Å². The fourth-order valence-electron chi connectivity index (χ4n) is 1.50. The van der Waals surface area contributed by atoms with Gasteiger partial charge in [0.05, 0.1) is 10.6 Å². The molecule has 1 aromatic heterocycles. The van der Waals surface area contributed by atoms with E-state index in [1.54, 1.807) is 26.0 Å². The highest BCUT2D eigenvalue weighted by Gasteiger charge is 2.20. The number of primary sulfonamides is 1. The Morgan fingerprint density at radius 3 is 2.26 bits per heavy atom. The third kappa shape index (κ3) is 3.19. The third-order valence-corrected chi connectivity index (χ3v) is 4.59. The monoisotopic (exact) mass is 298 g/mol. The maximum absolute atomic E-state index is 11.1. The molecule has 0 aliphatic carbocycles. The number of hydrogen-bond acceptors (Lipinski definition) is 5. The molecule has 0 spiro atoms. The van der Waals surface area contributed by atoms with Crippen LogP contribution in [0.1, 0.15) is 18.9 Å². The fraction of sp³-hybridized carbons (Fsp3) is 0.250. The molecule has 19 heavy (non-hydrogen) atoms. The van der Waals surface area contributed by atoms with E-state index in [1.807, 2.05) is 5.38 Å². The first-order valence-corrected chi connectivity index (χ1v) is 7.92. The third-order valence-electron chi connectivity index (χ3n) is 2.51. The minimum atomic E-state index is -3.68. The average Bonchev–Trinajstić information content (AvgIpc) is 2.77. The van der Waals surface area contributed by atoms with Crippen molar-refractivity contribution in [2.24, 2.45) is 5.14 Å². The van der Waals surface area contributed by atoms with Gasteiger partial charge in [0.1, 0.15) is 10.6 Å². The molecule has 3 N–H and O–H groups in total. The maximum atomic E-state index is 11.1. The van der Waals surface area contributed by atoms with Crippen molar-refractivity contribution in [3.05, 3.63) is 34.7 Å². The summed E-state index contributed by atoms with van der Waals surface area (Å²) in [4.78, 5) is 4.40. The molecule has 0 saturated carbocycles. The topological polar surface area (TPSA) is 93.3 Å². The van der Waals surface area contributed by atoms with Gasteiger partial charge in [-0.1, -0.05) is 12.1 Å². The zero-order chi connectivity index (χ0) is 14.3. The molecule has 1 aromatic carbocycles. The largest absolute Gasteiger partial charge is 0.383 e. The lowest BCUT2D eigenvalue weighted by atomic mass is 10.1. The summed E-state index contributed by atoms with van der Waals surface area (Å²) in [5, 5.41) is 17.3. The van der Waals surface area contributed by atoms with Gasteiger partial charge in [0.25, 0.3) is 0 Å². The molecular weight excluding hydrogens is 284 g/mol. The molecule has 0 bridgehead atoms. The maximum Gasteiger partial charge on any atom is 0.238 e. The zero-order valence-electron chi connectivity index (χ0n) is 10.5. The first kappa shape index (κ1) is 14.1. The van der Waals surface area contributed by atoms with Crippen molar-refractivity contribution in [2.75, 3.05) is 0 Å². The lowest BCUT2D eigenvalue weighted by Gasteiger charge is -2.12. The Morgan fingerprint density at radius 1 is 1.26 bits per heavy atom. The van der Waals surface area contributed by atoms with Crippen molar-refractivity contribution in [1.29, 1.82) is 0 Å². The highest BCUT2D eigenvalue weighted by Crippen LogP contribution is 2.28. The van der Waals surface area contributed by atoms with Crippen molar-refractivity contribution in [1.82, 2.24) is 4.98 Å². The summed E-state index contributed by atoms with van der Waals surface area (Å²) in [5.41, 5.74) is 0.492. The number of nitrogens with two attached hydrogens (primary N) is 1. The van der Waals surface area contributed by atoms with Gasteiger partial charge in [0, 0.05) is 10.9 Å². The molecule has 0 unspecified atom stereocenters. The Hall–Kier alpha value is -1.28. The second kappa shape index (κ2) is 4.68. The normalized spacial score (nSPS) is 12.6. The molecule has 7 heteroatoms. The molecule has 2 aromatic rings. The van der Waals surface area contributed by atoms with E-state index in [1.165, 1.54) is 23.5 Å². The number of rotatable bonds is 3. The lowest BCUT2D eigenvalue weighted by Crippen LogP contribution is -2.14. The van der Waals surface area contributed by atoms with Gasteiger partial charge < -0.3 is 5.11 Å². The van der Waals surface area contributed by atoms with Crippen molar-refractivity contribution in [2.45, 2.75) is 24.3 Å². The van der Waals surface area contributed by atoms with E-state index >= 15 is 0 Å². The molecule has 2 rings (SSSR count). The van der Waals surface area contributed by atoms with Crippen LogP contribution in [0.4, 0.5) is 0 Å². The quantitative estimate of drug-likeness (QED) is 0.901.